The Bertz CT molecular complexity index is 606. The maximum atomic E-state index is 5.92. The molecule has 1 atom stereocenters. The van der Waals surface area contributed by atoms with Crippen LogP contribution in [0.3, 0.4) is 0 Å². The lowest BCUT2D eigenvalue weighted by Crippen LogP contribution is -2.43. The molecule has 0 aromatic heterocycles. The Morgan fingerprint density at radius 2 is 2.14 bits per heavy atom. The molecule has 28 heavy (non-hydrogen) atoms. The molecule has 0 radical (unpaired) electrons. The minimum atomic E-state index is 0.561. The van der Waals surface area contributed by atoms with E-state index in [1.165, 1.54) is 31.5 Å². The Hall–Kier alpha value is -1.79. The highest BCUT2D eigenvalue weighted by molar-refractivity contribution is 5.79. The van der Waals surface area contributed by atoms with Crippen LogP contribution in [0.4, 0.5) is 0 Å². The highest BCUT2D eigenvalue weighted by Crippen LogP contribution is 2.20. The molecule has 0 spiro atoms. The van der Waals surface area contributed by atoms with E-state index in [1.807, 2.05) is 14.0 Å². The van der Waals surface area contributed by atoms with Crippen LogP contribution in [-0.2, 0) is 11.3 Å². The van der Waals surface area contributed by atoms with Crippen LogP contribution in [0, 0.1) is 12.8 Å². The van der Waals surface area contributed by atoms with Crippen molar-refractivity contribution in [3.05, 3.63) is 29.3 Å². The Balaban J connectivity index is 1.78. The van der Waals surface area contributed by atoms with Crippen molar-refractivity contribution in [2.24, 2.45) is 10.9 Å². The maximum absolute atomic E-state index is 5.92. The molecule has 0 saturated carbocycles. The van der Waals surface area contributed by atoms with E-state index >= 15 is 0 Å². The molecule has 0 aliphatic carbocycles. The monoisotopic (exact) mass is 390 g/mol. The molecule has 1 fully saturated rings. The molecule has 1 unspecified atom stereocenters. The highest BCUT2D eigenvalue weighted by atomic mass is 16.5. The van der Waals surface area contributed by atoms with Gasteiger partial charge in [-0.05, 0) is 50.8 Å². The van der Waals surface area contributed by atoms with Crippen molar-refractivity contribution in [3.63, 3.8) is 0 Å². The van der Waals surface area contributed by atoms with Crippen LogP contribution in [0.1, 0.15) is 37.8 Å². The van der Waals surface area contributed by atoms with Crippen LogP contribution in [0.15, 0.2) is 23.2 Å². The Kier molecular flexibility index (Phi) is 10.1. The lowest BCUT2D eigenvalue weighted by Gasteiger charge is -2.30. The molecule has 0 bridgehead atoms. The molecule has 1 aromatic rings. The van der Waals surface area contributed by atoms with Crippen molar-refractivity contribution >= 4 is 5.96 Å². The number of nitrogens with one attached hydrogen (secondary N) is 2. The summed E-state index contributed by atoms with van der Waals surface area (Å²) in [7, 11) is 1.81. The highest BCUT2D eigenvalue weighted by Gasteiger charge is 2.15. The van der Waals surface area contributed by atoms with Crippen LogP contribution >= 0.6 is 0 Å². The van der Waals surface area contributed by atoms with Crippen LogP contribution in [0.5, 0.6) is 5.75 Å². The number of rotatable bonds is 10. The Morgan fingerprint density at radius 3 is 2.89 bits per heavy atom. The quantitative estimate of drug-likeness (QED) is 0.365. The molecule has 0 amide bonds. The second-order valence-electron chi connectivity index (χ2n) is 7.56. The molecule has 1 aromatic carbocycles. The van der Waals surface area contributed by atoms with Gasteiger partial charge in [0.2, 0.25) is 0 Å². The zero-order valence-corrected chi connectivity index (χ0v) is 18.1. The Labute approximate surface area is 170 Å². The largest absolute Gasteiger partial charge is 0.491 e. The molecular formula is C22H38N4O2. The minimum Gasteiger partial charge on any atom is -0.491 e. The summed E-state index contributed by atoms with van der Waals surface area (Å²) in [5, 5.41) is 6.83. The number of piperidine rings is 1. The number of likely N-dealkylation sites (tertiary alicyclic amines) is 1. The predicted octanol–water partition coefficient (Wildman–Crippen LogP) is 2.81. The van der Waals surface area contributed by atoms with Crippen LogP contribution in [-0.4, -0.2) is 63.9 Å². The summed E-state index contributed by atoms with van der Waals surface area (Å²) in [5.74, 6) is 2.55. The molecule has 158 valence electrons. The van der Waals surface area contributed by atoms with Gasteiger partial charge in [0, 0.05) is 45.4 Å². The molecule has 6 heteroatoms. The van der Waals surface area contributed by atoms with E-state index in [4.69, 9.17) is 9.47 Å². The molecule has 2 rings (SSSR count). The average molecular weight is 391 g/mol. The van der Waals surface area contributed by atoms with Crippen molar-refractivity contribution in [2.75, 3.05) is 53.0 Å². The minimum absolute atomic E-state index is 0.561. The molecular weight excluding hydrogens is 352 g/mol. The Morgan fingerprint density at radius 1 is 1.29 bits per heavy atom. The van der Waals surface area contributed by atoms with Crippen molar-refractivity contribution in [1.82, 2.24) is 15.5 Å². The van der Waals surface area contributed by atoms with E-state index in [2.05, 4.69) is 52.6 Å². The zero-order valence-electron chi connectivity index (χ0n) is 18.1. The van der Waals surface area contributed by atoms with Crippen molar-refractivity contribution < 1.29 is 9.47 Å². The number of benzene rings is 1. The third kappa shape index (κ3) is 8.07. The lowest BCUT2D eigenvalue weighted by molar-refractivity contribution is 0.110. The molecule has 2 N–H and O–H groups in total. The first-order chi connectivity index (χ1) is 13.6. The number of aryl methyl sites for hydroxylation is 1. The van der Waals surface area contributed by atoms with Gasteiger partial charge in [-0.3, -0.25) is 4.99 Å². The smallest absolute Gasteiger partial charge is 0.191 e. The number of nitrogens with zero attached hydrogens (tertiary/aromatic N) is 2. The van der Waals surface area contributed by atoms with Crippen LogP contribution in [0.25, 0.3) is 0 Å². The van der Waals surface area contributed by atoms with Gasteiger partial charge in [-0.25, -0.2) is 0 Å². The number of aliphatic imine (C=N–C) groups is 1. The van der Waals surface area contributed by atoms with E-state index in [0.717, 1.165) is 36.3 Å². The van der Waals surface area contributed by atoms with Gasteiger partial charge in [-0.15, -0.1) is 0 Å². The molecule has 1 aliphatic rings. The standard InChI is InChI=1S/C22H38N4O2/c1-5-27-13-14-28-21-15-18(2)8-9-20(21)16-25-22(23-4)24-10-12-26-11-6-7-19(3)17-26/h8-9,15,19H,5-7,10-14,16-17H2,1-4H3,(H2,23,24,25). The number of hydrogen-bond acceptors (Lipinski definition) is 4. The van der Waals surface area contributed by atoms with Gasteiger partial charge < -0.3 is 25.0 Å². The van der Waals surface area contributed by atoms with Crippen molar-refractivity contribution in [3.8, 4) is 5.75 Å². The summed E-state index contributed by atoms with van der Waals surface area (Å²) in [4.78, 5) is 6.89. The molecule has 1 aliphatic heterocycles. The van der Waals surface area contributed by atoms with E-state index < -0.39 is 0 Å². The predicted molar refractivity (Wildman–Crippen MR) is 116 cm³/mol. The first kappa shape index (κ1) is 22.5. The third-order valence-electron chi connectivity index (χ3n) is 5.04. The number of hydrogen-bond donors (Lipinski definition) is 2. The molecule has 1 heterocycles. The summed E-state index contributed by atoms with van der Waals surface area (Å²) >= 11 is 0. The van der Waals surface area contributed by atoms with Gasteiger partial charge in [-0.2, -0.15) is 0 Å². The zero-order chi connectivity index (χ0) is 20.2. The first-order valence-electron chi connectivity index (χ1n) is 10.6. The van der Waals surface area contributed by atoms with E-state index in [9.17, 15) is 0 Å². The van der Waals surface area contributed by atoms with Gasteiger partial charge in [0.1, 0.15) is 12.4 Å². The molecule has 6 nitrogen and oxygen atoms in total. The molecule has 1 saturated heterocycles. The van der Waals surface area contributed by atoms with Gasteiger partial charge in [0.15, 0.2) is 5.96 Å². The third-order valence-corrected chi connectivity index (χ3v) is 5.04. The summed E-state index contributed by atoms with van der Waals surface area (Å²) in [6.45, 7) is 13.3. The topological polar surface area (TPSA) is 58.1 Å². The van der Waals surface area contributed by atoms with Crippen molar-refractivity contribution in [2.45, 2.75) is 40.2 Å². The fourth-order valence-electron chi connectivity index (χ4n) is 3.52. The summed E-state index contributed by atoms with van der Waals surface area (Å²) in [6.07, 6.45) is 2.67. The van der Waals surface area contributed by atoms with Crippen LogP contribution < -0.4 is 15.4 Å². The van der Waals surface area contributed by atoms with E-state index in [1.54, 1.807) is 0 Å². The maximum Gasteiger partial charge on any atom is 0.191 e. The summed E-state index contributed by atoms with van der Waals surface area (Å²) < 4.78 is 11.3. The van der Waals surface area contributed by atoms with Gasteiger partial charge in [0.25, 0.3) is 0 Å². The normalized spacial score (nSPS) is 18.1. The van der Waals surface area contributed by atoms with E-state index in [-0.39, 0.29) is 0 Å². The van der Waals surface area contributed by atoms with Gasteiger partial charge in [-0.1, -0.05) is 19.1 Å². The average Bonchev–Trinajstić information content (AvgIpc) is 2.69. The fourth-order valence-corrected chi connectivity index (χ4v) is 3.52. The summed E-state index contributed by atoms with van der Waals surface area (Å²) in [6, 6.07) is 6.30. The number of ether oxygens (including phenoxy) is 2. The van der Waals surface area contributed by atoms with Gasteiger partial charge >= 0.3 is 0 Å². The first-order valence-corrected chi connectivity index (χ1v) is 10.6. The second kappa shape index (κ2) is 12.6. The van der Waals surface area contributed by atoms with Crippen molar-refractivity contribution in [1.29, 1.82) is 0 Å². The SMILES string of the molecule is CCOCCOc1cc(C)ccc1CNC(=NC)NCCN1CCCC(C)C1. The fraction of sp³-hybridized carbons (Fsp3) is 0.682. The number of guanidine groups is 1. The lowest BCUT2D eigenvalue weighted by atomic mass is 10.0. The summed E-state index contributed by atoms with van der Waals surface area (Å²) in [5.41, 5.74) is 2.31. The second-order valence-corrected chi connectivity index (χ2v) is 7.56. The van der Waals surface area contributed by atoms with E-state index in [0.29, 0.717) is 26.4 Å². The van der Waals surface area contributed by atoms with Gasteiger partial charge in [0.05, 0.1) is 6.61 Å². The van der Waals surface area contributed by atoms with Crippen LogP contribution in [0.2, 0.25) is 0 Å².